The lowest BCUT2D eigenvalue weighted by Gasteiger charge is -2.25. The normalized spacial score (nSPS) is 19.4. The predicted octanol–water partition coefficient (Wildman–Crippen LogP) is 3.03. The van der Waals surface area contributed by atoms with E-state index in [1.165, 1.54) is 38.9 Å². The van der Waals surface area contributed by atoms with Gasteiger partial charge in [0.2, 0.25) is 0 Å². The maximum atomic E-state index is 13.8. The van der Waals surface area contributed by atoms with Crippen LogP contribution in [0.5, 0.6) is 5.75 Å². The molecule has 3 rings (SSSR count). The molecule has 0 bridgehead atoms. The molecule has 4 nitrogen and oxygen atoms in total. The Morgan fingerprint density at radius 2 is 2.17 bits per heavy atom. The van der Waals surface area contributed by atoms with Crippen LogP contribution < -0.4 is 10.1 Å². The van der Waals surface area contributed by atoms with Crippen molar-refractivity contribution in [3.63, 3.8) is 0 Å². The molecule has 1 N–H and O–H groups in total. The molecular weight excluding hydrogens is 293 g/mol. The van der Waals surface area contributed by atoms with Crippen LogP contribution in [0.15, 0.2) is 23.2 Å². The van der Waals surface area contributed by atoms with Gasteiger partial charge >= 0.3 is 0 Å². The molecule has 126 valence electrons. The molecule has 2 saturated carbocycles. The van der Waals surface area contributed by atoms with Crippen molar-refractivity contribution in [3.05, 3.63) is 29.6 Å². The van der Waals surface area contributed by atoms with E-state index in [9.17, 15) is 4.39 Å². The fraction of sp³-hybridized carbons (Fsp3) is 0.611. The van der Waals surface area contributed by atoms with E-state index in [0.717, 1.165) is 24.0 Å². The van der Waals surface area contributed by atoms with Crippen LogP contribution in [0.3, 0.4) is 0 Å². The summed E-state index contributed by atoms with van der Waals surface area (Å²) in [4.78, 5) is 6.40. The van der Waals surface area contributed by atoms with Gasteiger partial charge in [0.15, 0.2) is 17.5 Å². The first-order valence-corrected chi connectivity index (χ1v) is 8.32. The first-order chi connectivity index (χ1) is 11.1. The lowest BCUT2D eigenvalue weighted by atomic mass is 10.0. The number of guanidine groups is 1. The van der Waals surface area contributed by atoms with Crippen molar-refractivity contribution >= 4 is 5.96 Å². The van der Waals surface area contributed by atoms with Crippen LogP contribution in [0.4, 0.5) is 4.39 Å². The topological polar surface area (TPSA) is 36.9 Å². The monoisotopic (exact) mass is 319 g/mol. The second-order valence-corrected chi connectivity index (χ2v) is 6.86. The molecule has 5 heteroatoms. The van der Waals surface area contributed by atoms with Crippen molar-refractivity contribution in [1.29, 1.82) is 0 Å². The number of nitrogens with one attached hydrogen (secondary N) is 1. The standard InChI is InChI=1S/C18H26FN3O/c1-20-17(21-12-18(8-9-18)14-5-6-14)22(2)11-13-4-7-16(23-3)15(19)10-13/h4,7,10,14H,5-6,8-9,11-12H2,1-3H3,(H,20,21). The molecule has 0 unspecified atom stereocenters. The van der Waals surface area contributed by atoms with E-state index in [0.29, 0.717) is 12.0 Å². The van der Waals surface area contributed by atoms with Crippen LogP contribution in [0.25, 0.3) is 0 Å². The number of hydrogen-bond acceptors (Lipinski definition) is 2. The molecule has 0 spiro atoms. The number of hydrogen-bond donors (Lipinski definition) is 1. The molecule has 0 atom stereocenters. The van der Waals surface area contributed by atoms with Crippen molar-refractivity contribution in [1.82, 2.24) is 10.2 Å². The number of benzene rings is 1. The molecule has 0 aromatic heterocycles. The molecule has 0 saturated heterocycles. The Balaban J connectivity index is 1.57. The van der Waals surface area contributed by atoms with Gasteiger partial charge in [0.05, 0.1) is 7.11 Å². The number of ether oxygens (including phenoxy) is 1. The zero-order chi connectivity index (χ0) is 16.4. The Kier molecular flexibility index (Phi) is 4.46. The smallest absolute Gasteiger partial charge is 0.193 e. The maximum Gasteiger partial charge on any atom is 0.193 e. The molecular formula is C18H26FN3O. The second kappa shape index (κ2) is 6.38. The van der Waals surface area contributed by atoms with Crippen LogP contribution in [0.2, 0.25) is 0 Å². The van der Waals surface area contributed by atoms with Gasteiger partial charge in [-0.25, -0.2) is 4.39 Å². The van der Waals surface area contributed by atoms with Crippen LogP contribution in [-0.2, 0) is 6.54 Å². The molecule has 2 aliphatic rings. The van der Waals surface area contributed by atoms with E-state index in [1.54, 1.807) is 13.1 Å². The van der Waals surface area contributed by atoms with Gasteiger partial charge in [-0.2, -0.15) is 0 Å². The highest BCUT2D eigenvalue weighted by Crippen LogP contribution is 2.60. The maximum absolute atomic E-state index is 13.8. The highest BCUT2D eigenvalue weighted by molar-refractivity contribution is 5.79. The Morgan fingerprint density at radius 3 is 2.70 bits per heavy atom. The number of aliphatic imine (C=N–C) groups is 1. The molecule has 0 heterocycles. The quantitative estimate of drug-likeness (QED) is 0.647. The van der Waals surface area contributed by atoms with Crippen LogP contribution >= 0.6 is 0 Å². The predicted molar refractivity (Wildman–Crippen MR) is 90.2 cm³/mol. The molecule has 0 aliphatic heterocycles. The van der Waals surface area contributed by atoms with E-state index in [1.807, 2.05) is 18.0 Å². The van der Waals surface area contributed by atoms with E-state index in [2.05, 4.69) is 10.3 Å². The fourth-order valence-corrected chi connectivity index (χ4v) is 3.38. The fourth-order valence-electron chi connectivity index (χ4n) is 3.38. The molecule has 1 aromatic rings. The second-order valence-electron chi connectivity index (χ2n) is 6.86. The SMILES string of the molecule is CN=C(NCC1(C2CC2)CC1)N(C)Cc1ccc(OC)c(F)c1. The Bertz CT molecular complexity index is 594. The average Bonchev–Trinajstić information content (AvgIpc) is 3.41. The van der Waals surface area contributed by atoms with Crippen LogP contribution in [0.1, 0.15) is 31.2 Å². The lowest BCUT2D eigenvalue weighted by molar-refractivity contribution is 0.384. The highest BCUT2D eigenvalue weighted by Gasteiger charge is 2.53. The number of methoxy groups -OCH3 is 1. The van der Waals surface area contributed by atoms with Gasteiger partial charge in [-0.15, -0.1) is 0 Å². The van der Waals surface area contributed by atoms with E-state index < -0.39 is 0 Å². The molecule has 0 radical (unpaired) electrons. The van der Waals surface area contributed by atoms with Gasteiger partial charge in [-0.1, -0.05) is 6.07 Å². The summed E-state index contributed by atoms with van der Waals surface area (Å²) in [6, 6.07) is 5.08. The van der Waals surface area contributed by atoms with Crippen molar-refractivity contribution in [2.75, 3.05) is 27.7 Å². The first-order valence-electron chi connectivity index (χ1n) is 8.32. The number of rotatable bonds is 6. The summed E-state index contributed by atoms with van der Waals surface area (Å²) in [5.41, 5.74) is 1.43. The number of nitrogens with zero attached hydrogens (tertiary/aromatic N) is 2. The third-order valence-electron chi connectivity index (χ3n) is 5.14. The minimum absolute atomic E-state index is 0.277. The van der Waals surface area contributed by atoms with Gasteiger partial charge < -0.3 is 15.0 Å². The summed E-state index contributed by atoms with van der Waals surface area (Å²) in [7, 11) is 5.25. The Labute approximate surface area is 137 Å². The summed E-state index contributed by atoms with van der Waals surface area (Å²) >= 11 is 0. The average molecular weight is 319 g/mol. The first kappa shape index (κ1) is 16.1. The third kappa shape index (κ3) is 3.59. The van der Waals surface area contributed by atoms with Gasteiger partial charge in [0.25, 0.3) is 0 Å². The van der Waals surface area contributed by atoms with Crippen LogP contribution in [-0.4, -0.2) is 38.6 Å². The van der Waals surface area contributed by atoms with Crippen LogP contribution in [0, 0.1) is 17.2 Å². The molecule has 0 amide bonds. The van der Waals surface area contributed by atoms with Crippen molar-refractivity contribution in [2.24, 2.45) is 16.3 Å². The van der Waals surface area contributed by atoms with Gasteiger partial charge in [0, 0.05) is 27.2 Å². The van der Waals surface area contributed by atoms with Crippen molar-refractivity contribution in [2.45, 2.75) is 32.2 Å². The minimum atomic E-state index is -0.327. The lowest BCUT2D eigenvalue weighted by Crippen LogP contribution is -2.41. The summed E-state index contributed by atoms with van der Waals surface area (Å²) in [6.45, 7) is 1.61. The van der Waals surface area contributed by atoms with Crippen molar-refractivity contribution in [3.8, 4) is 5.75 Å². The van der Waals surface area contributed by atoms with E-state index in [4.69, 9.17) is 4.74 Å². The van der Waals surface area contributed by atoms with Gasteiger partial charge in [0.1, 0.15) is 0 Å². The zero-order valence-corrected chi connectivity index (χ0v) is 14.2. The van der Waals surface area contributed by atoms with E-state index in [-0.39, 0.29) is 11.6 Å². The Morgan fingerprint density at radius 1 is 1.43 bits per heavy atom. The largest absolute Gasteiger partial charge is 0.494 e. The summed E-state index contributed by atoms with van der Waals surface area (Å²) in [5, 5.41) is 3.51. The summed E-state index contributed by atoms with van der Waals surface area (Å²) in [5.74, 6) is 1.74. The zero-order valence-electron chi connectivity index (χ0n) is 14.2. The minimum Gasteiger partial charge on any atom is -0.494 e. The molecule has 1 aromatic carbocycles. The summed E-state index contributed by atoms with van der Waals surface area (Å²) in [6.07, 6.45) is 5.46. The third-order valence-corrected chi connectivity index (χ3v) is 5.14. The highest BCUT2D eigenvalue weighted by atomic mass is 19.1. The van der Waals surface area contributed by atoms with Gasteiger partial charge in [-0.05, 0) is 54.7 Å². The Hall–Kier alpha value is -1.78. The number of halogens is 1. The molecule has 2 aliphatic carbocycles. The van der Waals surface area contributed by atoms with E-state index >= 15 is 0 Å². The molecule has 2 fully saturated rings. The summed E-state index contributed by atoms with van der Waals surface area (Å²) < 4.78 is 18.8. The molecule has 23 heavy (non-hydrogen) atoms. The van der Waals surface area contributed by atoms with Crippen molar-refractivity contribution < 1.29 is 9.13 Å². The van der Waals surface area contributed by atoms with Gasteiger partial charge in [-0.3, -0.25) is 4.99 Å².